The molecule has 6 nitrogen and oxygen atoms in total. The van der Waals surface area contributed by atoms with Gasteiger partial charge in [0.05, 0.1) is 22.7 Å². The summed E-state index contributed by atoms with van der Waals surface area (Å²) in [5.41, 5.74) is 1.19. The highest BCUT2D eigenvalue weighted by atomic mass is 32.1. The van der Waals surface area contributed by atoms with Gasteiger partial charge in [0.1, 0.15) is 0 Å². The van der Waals surface area contributed by atoms with Crippen molar-refractivity contribution in [2.75, 3.05) is 24.5 Å². The fourth-order valence-electron chi connectivity index (χ4n) is 3.13. The van der Waals surface area contributed by atoms with E-state index in [1.54, 1.807) is 22.3 Å². The molecular weight excluding hydrogens is 338 g/mol. The van der Waals surface area contributed by atoms with Crippen molar-refractivity contribution in [2.24, 2.45) is 0 Å². The highest BCUT2D eigenvalue weighted by molar-refractivity contribution is 7.09. The van der Waals surface area contributed by atoms with Gasteiger partial charge in [-0.3, -0.25) is 14.9 Å². The van der Waals surface area contributed by atoms with Gasteiger partial charge in [-0.15, -0.1) is 11.3 Å². The standard InChI is InChI=1S/C18H21N3O3S/c1-2-19(13-15-6-5-11-25-15)18(22)16-12-14(21(23)24)7-8-17(16)20-9-3-4-10-20/h5-8,11-12H,2-4,9-10,13H2,1H3. The molecule has 0 aliphatic carbocycles. The molecule has 0 bridgehead atoms. The van der Waals surface area contributed by atoms with Gasteiger partial charge in [0.15, 0.2) is 0 Å². The van der Waals surface area contributed by atoms with Gasteiger partial charge in [0, 0.05) is 36.6 Å². The first-order valence-electron chi connectivity index (χ1n) is 8.45. The molecule has 1 amide bonds. The van der Waals surface area contributed by atoms with Crippen molar-refractivity contribution in [3.8, 4) is 0 Å². The van der Waals surface area contributed by atoms with Gasteiger partial charge in [-0.25, -0.2) is 0 Å². The van der Waals surface area contributed by atoms with Gasteiger partial charge in [0.2, 0.25) is 0 Å². The molecule has 1 saturated heterocycles. The van der Waals surface area contributed by atoms with Crippen molar-refractivity contribution in [2.45, 2.75) is 26.3 Å². The molecule has 7 heteroatoms. The summed E-state index contributed by atoms with van der Waals surface area (Å²) in [4.78, 5) is 28.9. The van der Waals surface area contributed by atoms with E-state index >= 15 is 0 Å². The topological polar surface area (TPSA) is 66.7 Å². The Morgan fingerprint density at radius 2 is 2.08 bits per heavy atom. The maximum Gasteiger partial charge on any atom is 0.270 e. The molecule has 3 rings (SSSR count). The maximum absolute atomic E-state index is 13.1. The number of nitro benzene ring substituents is 1. The Bertz CT molecular complexity index is 755. The zero-order valence-corrected chi connectivity index (χ0v) is 15.0. The highest BCUT2D eigenvalue weighted by Gasteiger charge is 2.25. The van der Waals surface area contributed by atoms with Crippen molar-refractivity contribution >= 4 is 28.6 Å². The summed E-state index contributed by atoms with van der Waals surface area (Å²) in [6, 6.07) is 8.58. The number of hydrogen-bond acceptors (Lipinski definition) is 5. The van der Waals surface area contributed by atoms with Crippen LogP contribution >= 0.6 is 11.3 Å². The predicted molar refractivity (Wildman–Crippen MR) is 99.3 cm³/mol. The minimum Gasteiger partial charge on any atom is -0.371 e. The van der Waals surface area contributed by atoms with Crippen LogP contribution in [0.25, 0.3) is 0 Å². The molecular formula is C18H21N3O3S. The molecule has 0 N–H and O–H groups in total. The first-order valence-corrected chi connectivity index (χ1v) is 9.33. The molecule has 1 aliphatic heterocycles. The number of nitro groups is 1. The van der Waals surface area contributed by atoms with Gasteiger partial charge in [0.25, 0.3) is 11.6 Å². The van der Waals surface area contributed by atoms with Crippen LogP contribution in [-0.4, -0.2) is 35.4 Å². The van der Waals surface area contributed by atoms with E-state index in [2.05, 4.69) is 4.90 Å². The number of thiophene rings is 1. The second kappa shape index (κ2) is 7.65. The van der Waals surface area contributed by atoms with Crippen molar-refractivity contribution in [3.05, 3.63) is 56.3 Å². The molecule has 1 fully saturated rings. The van der Waals surface area contributed by atoms with E-state index in [-0.39, 0.29) is 11.6 Å². The summed E-state index contributed by atoms with van der Waals surface area (Å²) in [6.07, 6.45) is 2.16. The third-order valence-electron chi connectivity index (χ3n) is 4.46. The molecule has 25 heavy (non-hydrogen) atoms. The fourth-order valence-corrected chi connectivity index (χ4v) is 3.85. The molecule has 132 valence electrons. The molecule has 0 radical (unpaired) electrons. The molecule has 2 heterocycles. The smallest absolute Gasteiger partial charge is 0.270 e. The molecule has 1 aromatic heterocycles. The first kappa shape index (κ1) is 17.4. The minimum absolute atomic E-state index is 0.0431. The van der Waals surface area contributed by atoms with Crippen LogP contribution in [0.2, 0.25) is 0 Å². The van der Waals surface area contributed by atoms with Crippen LogP contribution in [-0.2, 0) is 6.54 Å². The SMILES string of the molecule is CCN(Cc1cccs1)C(=O)c1cc([N+](=O)[O-])ccc1N1CCCC1. The Balaban J connectivity index is 1.95. The Labute approximate surface area is 150 Å². The minimum atomic E-state index is -0.444. The van der Waals surface area contributed by atoms with Gasteiger partial charge < -0.3 is 9.80 Å². The van der Waals surface area contributed by atoms with Crippen molar-refractivity contribution < 1.29 is 9.72 Å². The summed E-state index contributed by atoms with van der Waals surface area (Å²) in [7, 11) is 0. The lowest BCUT2D eigenvalue weighted by Gasteiger charge is -2.25. The Kier molecular flexibility index (Phi) is 5.33. The molecule has 0 spiro atoms. The average Bonchev–Trinajstić information content (AvgIpc) is 3.32. The summed E-state index contributed by atoms with van der Waals surface area (Å²) in [5.74, 6) is -0.151. The largest absolute Gasteiger partial charge is 0.371 e. The maximum atomic E-state index is 13.1. The summed E-state index contributed by atoms with van der Waals surface area (Å²) in [5, 5.41) is 13.2. The molecule has 0 unspecified atom stereocenters. The van der Waals surface area contributed by atoms with E-state index in [4.69, 9.17) is 0 Å². The van der Waals surface area contributed by atoms with Crippen molar-refractivity contribution in [1.29, 1.82) is 0 Å². The Hall–Kier alpha value is -2.41. The van der Waals surface area contributed by atoms with E-state index in [0.717, 1.165) is 36.5 Å². The lowest BCUT2D eigenvalue weighted by molar-refractivity contribution is -0.384. The monoisotopic (exact) mass is 359 g/mol. The number of benzene rings is 1. The first-order chi connectivity index (χ1) is 12.1. The van der Waals surface area contributed by atoms with Gasteiger partial charge in [-0.1, -0.05) is 6.07 Å². The third kappa shape index (κ3) is 3.82. The molecule has 0 atom stereocenters. The van der Waals surface area contributed by atoms with Crippen LogP contribution in [0.4, 0.5) is 11.4 Å². The predicted octanol–water partition coefficient (Wildman–Crippen LogP) is 3.92. The van der Waals surface area contributed by atoms with E-state index in [0.29, 0.717) is 18.7 Å². The number of hydrogen-bond donors (Lipinski definition) is 0. The van der Waals surface area contributed by atoms with E-state index in [1.165, 1.54) is 12.1 Å². The second-order valence-electron chi connectivity index (χ2n) is 6.05. The van der Waals surface area contributed by atoms with Crippen LogP contribution in [0.5, 0.6) is 0 Å². The molecule has 1 aromatic carbocycles. The normalized spacial score (nSPS) is 13.9. The number of nitrogens with zero attached hydrogens (tertiary/aromatic N) is 3. The summed E-state index contributed by atoms with van der Waals surface area (Å²) >= 11 is 1.60. The zero-order chi connectivity index (χ0) is 17.8. The number of rotatable bonds is 6. The molecule has 1 aliphatic rings. The quantitative estimate of drug-likeness (QED) is 0.579. The molecule has 0 saturated carbocycles. The third-order valence-corrected chi connectivity index (χ3v) is 5.32. The number of non-ortho nitro benzene ring substituents is 1. The molecule has 2 aromatic rings. The van der Waals surface area contributed by atoms with Crippen LogP contribution in [0, 0.1) is 10.1 Å². The van der Waals surface area contributed by atoms with Crippen LogP contribution in [0.1, 0.15) is 35.0 Å². The van der Waals surface area contributed by atoms with Gasteiger partial charge >= 0.3 is 0 Å². The average molecular weight is 359 g/mol. The van der Waals surface area contributed by atoms with Crippen molar-refractivity contribution in [3.63, 3.8) is 0 Å². The van der Waals surface area contributed by atoms with Crippen molar-refractivity contribution in [1.82, 2.24) is 4.90 Å². The van der Waals surface area contributed by atoms with E-state index in [1.807, 2.05) is 24.4 Å². The number of amides is 1. The van der Waals surface area contributed by atoms with Crippen LogP contribution < -0.4 is 4.90 Å². The van der Waals surface area contributed by atoms with Crippen LogP contribution in [0.15, 0.2) is 35.7 Å². The van der Waals surface area contributed by atoms with Gasteiger partial charge in [-0.05, 0) is 37.3 Å². The number of carbonyl (C=O) groups is 1. The number of anilines is 1. The van der Waals surface area contributed by atoms with Crippen LogP contribution in [0.3, 0.4) is 0 Å². The Morgan fingerprint density at radius 1 is 1.32 bits per heavy atom. The second-order valence-corrected chi connectivity index (χ2v) is 7.08. The zero-order valence-electron chi connectivity index (χ0n) is 14.2. The van der Waals surface area contributed by atoms with E-state index < -0.39 is 4.92 Å². The number of carbonyl (C=O) groups excluding carboxylic acids is 1. The Morgan fingerprint density at radius 3 is 2.68 bits per heavy atom. The van der Waals surface area contributed by atoms with E-state index in [9.17, 15) is 14.9 Å². The highest BCUT2D eigenvalue weighted by Crippen LogP contribution is 2.30. The summed E-state index contributed by atoms with van der Waals surface area (Å²) < 4.78 is 0. The van der Waals surface area contributed by atoms with Gasteiger partial charge in [-0.2, -0.15) is 0 Å². The summed E-state index contributed by atoms with van der Waals surface area (Å²) in [6.45, 7) is 4.77. The lowest BCUT2D eigenvalue weighted by Crippen LogP contribution is -2.32. The fraction of sp³-hybridized carbons (Fsp3) is 0.389. The lowest BCUT2D eigenvalue weighted by atomic mass is 10.1.